The largest absolute Gasteiger partial charge is 0.456 e. The first-order valence-electron chi connectivity index (χ1n) is 6.65. The van der Waals surface area contributed by atoms with E-state index in [0.717, 1.165) is 0 Å². The van der Waals surface area contributed by atoms with Crippen molar-refractivity contribution in [3.8, 4) is 17.6 Å². The van der Waals surface area contributed by atoms with Crippen molar-refractivity contribution in [1.29, 1.82) is 5.26 Å². The lowest BCUT2D eigenvalue weighted by Gasteiger charge is -2.09. The quantitative estimate of drug-likeness (QED) is 0.826. The maximum atomic E-state index is 11.5. The Morgan fingerprint density at radius 3 is 2.64 bits per heavy atom. The second kappa shape index (κ2) is 7.50. The van der Waals surface area contributed by atoms with Crippen LogP contribution in [0.1, 0.15) is 5.56 Å². The summed E-state index contributed by atoms with van der Waals surface area (Å²) in [5, 5.41) is 14.3. The molecule has 0 spiro atoms. The zero-order chi connectivity index (χ0) is 15.8. The highest BCUT2D eigenvalue weighted by atomic mass is 16.5. The molecule has 0 aliphatic rings. The molecule has 0 aliphatic carbocycles. The van der Waals surface area contributed by atoms with Crippen LogP contribution in [-0.2, 0) is 0 Å². The molecule has 0 saturated heterocycles. The summed E-state index contributed by atoms with van der Waals surface area (Å²) in [5.74, 6) is 1.08. The van der Waals surface area contributed by atoms with Crippen molar-refractivity contribution < 1.29 is 9.53 Å². The number of para-hydroxylation sites is 1. The van der Waals surface area contributed by atoms with Crippen LogP contribution in [0, 0.1) is 11.3 Å². The number of nitrogens with zero attached hydrogens (tertiary/aromatic N) is 1. The van der Waals surface area contributed by atoms with E-state index in [-0.39, 0.29) is 6.03 Å². The summed E-state index contributed by atoms with van der Waals surface area (Å²) < 4.78 is 5.66. The number of anilines is 1. The Bertz CT molecular complexity index is 703. The molecule has 0 bridgehead atoms. The number of ether oxygens (including phenoxy) is 1. The SMILES string of the molecule is C=CCNC(=O)Nc1ccc(Oc2ccccc2C#N)cc1. The number of nitriles is 1. The minimum atomic E-state index is -0.302. The average Bonchev–Trinajstić information content (AvgIpc) is 2.55. The summed E-state index contributed by atoms with van der Waals surface area (Å²) in [7, 11) is 0. The molecule has 5 heteroatoms. The number of benzene rings is 2. The Hall–Kier alpha value is -3.26. The molecule has 2 N–H and O–H groups in total. The lowest BCUT2D eigenvalue weighted by Crippen LogP contribution is -2.28. The van der Waals surface area contributed by atoms with Gasteiger partial charge in [0.25, 0.3) is 0 Å². The number of carbonyl (C=O) groups is 1. The van der Waals surface area contributed by atoms with Gasteiger partial charge in [-0.2, -0.15) is 5.26 Å². The van der Waals surface area contributed by atoms with Crippen molar-refractivity contribution >= 4 is 11.7 Å². The Balaban J connectivity index is 2.02. The Morgan fingerprint density at radius 1 is 1.23 bits per heavy atom. The fraction of sp³-hybridized carbons (Fsp3) is 0.0588. The molecule has 0 unspecified atom stereocenters. The molecule has 2 amide bonds. The molecule has 2 rings (SSSR count). The maximum absolute atomic E-state index is 11.5. The summed E-state index contributed by atoms with van der Waals surface area (Å²) >= 11 is 0. The van der Waals surface area contributed by atoms with Crippen molar-refractivity contribution in [2.24, 2.45) is 0 Å². The number of carbonyl (C=O) groups excluding carboxylic acids is 1. The second-order valence-electron chi connectivity index (χ2n) is 4.36. The first kappa shape index (κ1) is 15.1. The molecule has 110 valence electrons. The summed E-state index contributed by atoms with van der Waals surface area (Å²) in [5.41, 5.74) is 1.11. The van der Waals surface area contributed by atoms with Crippen LogP contribution in [0.5, 0.6) is 11.5 Å². The molecular weight excluding hydrogens is 278 g/mol. The average molecular weight is 293 g/mol. The van der Waals surface area contributed by atoms with Gasteiger partial charge in [-0.25, -0.2) is 4.79 Å². The Morgan fingerprint density at radius 2 is 1.95 bits per heavy atom. The normalized spacial score (nSPS) is 9.41. The Labute approximate surface area is 128 Å². The molecule has 22 heavy (non-hydrogen) atoms. The van der Waals surface area contributed by atoms with Gasteiger partial charge in [0.05, 0.1) is 5.56 Å². The van der Waals surface area contributed by atoms with Crippen molar-refractivity contribution in [2.45, 2.75) is 0 Å². The highest BCUT2D eigenvalue weighted by Crippen LogP contribution is 2.25. The van der Waals surface area contributed by atoms with Gasteiger partial charge in [-0.15, -0.1) is 6.58 Å². The number of hydrogen-bond donors (Lipinski definition) is 2. The highest BCUT2D eigenvalue weighted by Gasteiger charge is 2.04. The van der Waals surface area contributed by atoms with Crippen LogP contribution in [0.25, 0.3) is 0 Å². The number of nitrogens with one attached hydrogen (secondary N) is 2. The van der Waals surface area contributed by atoms with Crippen molar-refractivity contribution in [3.05, 3.63) is 66.7 Å². The number of urea groups is 1. The fourth-order valence-corrected chi connectivity index (χ4v) is 1.72. The fourth-order valence-electron chi connectivity index (χ4n) is 1.72. The van der Waals surface area contributed by atoms with Crippen molar-refractivity contribution in [3.63, 3.8) is 0 Å². The van der Waals surface area contributed by atoms with Crippen LogP contribution in [0.15, 0.2) is 61.2 Å². The molecule has 0 aromatic heterocycles. The van der Waals surface area contributed by atoms with Crippen LogP contribution in [-0.4, -0.2) is 12.6 Å². The number of rotatable bonds is 5. The molecule has 0 heterocycles. The smallest absolute Gasteiger partial charge is 0.319 e. The van der Waals surface area contributed by atoms with Crippen LogP contribution in [0.3, 0.4) is 0 Å². The molecule has 2 aromatic carbocycles. The van der Waals surface area contributed by atoms with E-state index in [1.54, 1.807) is 54.6 Å². The molecule has 0 radical (unpaired) electrons. The van der Waals surface area contributed by atoms with E-state index in [2.05, 4.69) is 23.3 Å². The van der Waals surface area contributed by atoms with Gasteiger partial charge in [-0.1, -0.05) is 18.2 Å². The minimum absolute atomic E-state index is 0.302. The van der Waals surface area contributed by atoms with Gasteiger partial charge in [0.1, 0.15) is 17.6 Å². The number of amides is 2. The summed E-state index contributed by atoms with van der Waals surface area (Å²) in [6, 6.07) is 15.7. The van der Waals surface area contributed by atoms with Crippen LogP contribution in [0.4, 0.5) is 10.5 Å². The lowest BCUT2D eigenvalue weighted by molar-refractivity contribution is 0.253. The molecule has 5 nitrogen and oxygen atoms in total. The zero-order valence-electron chi connectivity index (χ0n) is 11.9. The predicted octanol–water partition coefficient (Wildman–Crippen LogP) is 3.66. The van der Waals surface area contributed by atoms with Crippen molar-refractivity contribution in [2.75, 3.05) is 11.9 Å². The molecule has 0 saturated carbocycles. The van der Waals surface area contributed by atoms with Gasteiger partial charge < -0.3 is 15.4 Å². The van der Waals surface area contributed by atoms with Crippen LogP contribution in [0.2, 0.25) is 0 Å². The third-order valence-electron chi connectivity index (χ3n) is 2.75. The van der Waals surface area contributed by atoms with E-state index in [1.807, 2.05) is 0 Å². The van der Waals surface area contributed by atoms with Gasteiger partial charge >= 0.3 is 6.03 Å². The summed E-state index contributed by atoms with van der Waals surface area (Å²) in [6.07, 6.45) is 1.60. The lowest BCUT2D eigenvalue weighted by atomic mass is 10.2. The van der Waals surface area contributed by atoms with Crippen molar-refractivity contribution in [1.82, 2.24) is 5.32 Å². The first-order chi connectivity index (χ1) is 10.7. The summed E-state index contributed by atoms with van der Waals surface area (Å²) in [4.78, 5) is 11.5. The topological polar surface area (TPSA) is 74.2 Å². The van der Waals surface area contributed by atoms with Crippen LogP contribution >= 0.6 is 0 Å². The summed E-state index contributed by atoms with van der Waals surface area (Å²) in [6.45, 7) is 3.92. The second-order valence-corrected chi connectivity index (χ2v) is 4.36. The van der Waals surface area contributed by atoms with E-state index in [9.17, 15) is 4.79 Å². The zero-order valence-corrected chi connectivity index (χ0v) is 11.9. The molecule has 2 aromatic rings. The van der Waals surface area contributed by atoms with E-state index in [0.29, 0.717) is 29.3 Å². The van der Waals surface area contributed by atoms with Gasteiger partial charge in [0.15, 0.2) is 0 Å². The van der Waals surface area contributed by atoms with E-state index in [4.69, 9.17) is 10.00 Å². The maximum Gasteiger partial charge on any atom is 0.319 e. The molecular formula is C17H15N3O2. The first-order valence-corrected chi connectivity index (χ1v) is 6.65. The van der Waals surface area contributed by atoms with Gasteiger partial charge in [-0.05, 0) is 36.4 Å². The van der Waals surface area contributed by atoms with Gasteiger partial charge in [0.2, 0.25) is 0 Å². The molecule has 0 atom stereocenters. The standard InChI is InChI=1S/C17H15N3O2/c1-2-11-19-17(21)20-14-7-9-15(10-8-14)22-16-6-4-3-5-13(16)12-18/h2-10H,1,11H2,(H2,19,20,21). The number of hydrogen-bond acceptors (Lipinski definition) is 3. The van der Waals surface area contributed by atoms with E-state index >= 15 is 0 Å². The minimum Gasteiger partial charge on any atom is -0.456 e. The monoisotopic (exact) mass is 293 g/mol. The third kappa shape index (κ3) is 4.12. The van der Waals surface area contributed by atoms with Gasteiger partial charge in [-0.3, -0.25) is 0 Å². The highest BCUT2D eigenvalue weighted by molar-refractivity contribution is 5.89. The third-order valence-corrected chi connectivity index (χ3v) is 2.75. The van der Waals surface area contributed by atoms with Gasteiger partial charge in [0, 0.05) is 12.2 Å². The van der Waals surface area contributed by atoms with E-state index < -0.39 is 0 Å². The molecule has 0 aliphatic heterocycles. The Kier molecular flexibility index (Phi) is 5.16. The van der Waals surface area contributed by atoms with Crippen LogP contribution < -0.4 is 15.4 Å². The predicted molar refractivity (Wildman–Crippen MR) is 84.9 cm³/mol. The van der Waals surface area contributed by atoms with E-state index in [1.165, 1.54) is 0 Å². The molecule has 0 fully saturated rings.